The number of rotatable bonds is 4. The van der Waals surface area contributed by atoms with Crippen molar-refractivity contribution in [1.82, 2.24) is 34.3 Å². The van der Waals surface area contributed by atoms with Gasteiger partial charge in [-0.2, -0.15) is 14.9 Å². The van der Waals surface area contributed by atoms with E-state index in [2.05, 4.69) is 38.9 Å². The third kappa shape index (κ3) is 4.34. The standard InChI is InChI=1S/C27H23N9O5/c1-13-6-14(36-26(39)33-24(37)17(9-28)34-36)7-19(35-5-4-20(29)32-25(35)38)22(13)41-15-8-16-21-18(31-23(16)30-10-15)11-40-12-27(21,2)3/h4-8,10H,11-12H2,1-3H3,(H,30,31)(H2,29,32,38)(H,33,37,39). The summed E-state index contributed by atoms with van der Waals surface area (Å²) in [4.78, 5) is 51.2. The first-order chi connectivity index (χ1) is 19.6. The number of ether oxygens (including phenoxy) is 2. The molecule has 206 valence electrons. The van der Waals surface area contributed by atoms with Gasteiger partial charge in [0.1, 0.15) is 23.3 Å². The lowest BCUT2D eigenvalue weighted by molar-refractivity contribution is 0.0630. The molecule has 6 rings (SSSR count). The van der Waals surface area contributed by atoms with E-state index in [0.717, 1.165) is 21.3 Å². The van der Waals surface area contributed by atoms with Crippen molar-refractivity contribution in [3.8, 4) is 28.9 Å². The van der Waals surface area contributed by atoms with Gasteiger partial charge in [-0.3, -0.25) is 14.3 Å². The molecule has 0 atom stereocenters. The van der Waals surface area contributed by atoms with Crippen molar-refractivity contribution in [3.63, 3.8) is 0 Å². The minimum atomic E-state index is -0.908. The van der Waals surface area contributed by atoms with Crippen LogP contribution < -0.4 is 27.4 Å². The van der Waals surface area contributed by atoms with Crippen LogP contribution in [0.15, 0.2) is 51.0 Å². The summed E-state index contributed by atoms with van der Waals surface area (Å²) >= 11 is 0. The Morgan fingerprint density at radius 1 is 1.20 bits per heavy atom. The number of aryl methyl sites for hydroxylation is 1. The highest BCUT2D eigenvalue weighted by Gasteiger charge is 2.32. The van der Waals surface area contributed by atoms with Crippen LogP contribution in [-0.4, -0.2) is 40.9 Å². The number of nitrogen functional groups attached to an aromatic ring is 1. The van der Waals surface area contributed by atoms with Gasteiger partial charge in [-0.15, -0.1) is 5.10 Å². The number of nitrogens with two attached hydrogens (primary N) is 1. The van der Waals surface area contributed by atoms with Crippen LogP contribution >= 0.6 is 0 Å². The number of aromatic amines is 2. The SMILES string of the molecule is Cc1cc(-n2nc(C#N)c(=O)[nH]c2=O)cc(-n2ccc(N)nc2=O)c1Oc1cnc2[nH]c3c(c2c1)C(C)(C)COC3. The van der Waals surface area contributed by atoms with Crippen LogP contribution in [-0.2, 0) is 16.8 Å². The van der Waals surface area contributed by atoms with Crippen molar-refractivity contribution in [2.24, 2.45) is 0 Å². The minimum Gasteiger partial charge on any atom is -0.453 e. The number of nitrogens with one attached hydrogen (secondary N) is 2. The van der Waals surface area contributed by atoms with E-state index in [0.29, 0.717) is 30.2 Å². The fraction of sp³-hybridized carbons (Fsp3) is 0.222. The van der Waals surface area contributed by atoms with E-state index < -0.39 is 22.6 Å². The number of nitriles is 1. The number of fused-ring (bicyclic) bond motifs is 3. The molecule has 0 amide bonds. The third-order valence-electron chi connectivity index (χ3n) is 6.81. The Morgan fingerprint density at radius 3 is 2.76 bits per heavy atom. The predicted molar refractivity (Wildman–Crippen MR) is 147 cm³/mol. The van der Waals surface area contributed by atoms with Crippen LogP contribution in [0.2, 0.25) is 0 Å². The average molecular weight is 554 g/mol. The van der Waals surface area contributed by atoms with E-state index in [1.807, 2.05) is 6.07 Å². The zero-order chi connectivity index (χ0) is 29.1. The summed E-state index contributed by atoms with van der Waals surface area (Å²) < 4.78 is 14.2. The van der Waals surface area contributed by atoms with Gasteiger partial charge in [-0.25, -0.2) is 14.6 Å². The summed E-state index contributed by atoms with van der Waals surface area (Å²) in [6, 6.07) is 8.01. The average Bonchev–Trinajstić information content (AvgIpc) is 3.29. The van der Waals surface area contributed by atoms with Crippen LogP contribution in [0.3, 0.4) is 0 Å². The van der Waals surface area contributed by atoms with Gasteiger partial charge in [-0.05, 0) is 42.3 Å². The summed E-state index contributed by atoms with van der Waals surface area (Å²) in [6.07, 6.45) is 2.98. The molecule has 4 N–H and O–H groups in total. The molecule has 0 saturated carbocycles. The van der Waals surface area contributed by atoms with E-state index >= 15 is 0 Å². The molecule has 0 unspecified atom stereocenters. The molecule has 14 nitrogen and oxygen atoms in total. The predicted octanol–water partition coefficient (Wildman–Crippen LogP) is 1.71. The molecule has 14 heteroatoms. The lowest BCUT2D eigenvalue weighted by Gasteiger charge is -2.30. The highest BCUT2D eigenvalue weighted by molar-refractivity contribution is 5.84. The second-order valence-electron chi connectivity index (χ2n) is 10.3. The zero-order valence-corrected chi connectivity index (χ0v) is 22.2. The monoisotopic (exact) mass is 553 g/mol. The van der Waals surface area contributed by atoms with E-state index in [4.69, 9.17) is 15.2 Å². The van der Waals surface area contributed by atoms with Gasteiger partial charge in [-0.1, -0.05) is 13.8 Å². The Hall–Kier alpha value is -5.55. The Balaban J connectivity index is 1.54. The molecule has 0 saturated heterocycles. The number of nitrogens with zero attached hydrogens (tertiary/aromatic N) is 6. The first-order valence-corrected chi connectivity index (χ1v) is 12.5. The molecule has 0 radical (unpaired) electrons. The van der Waals surface area contributed by atoms with Crippen LogP contribution in [0.25, 0.3) is 22.4 Å². The van der Waals surface area contributed by atoms with Crippen molar-refractivity contribution < 1.29 is 9.47 Å². The number of hydrogen-bond donors (Lipinski definition) is 3. The summed E-state index contributed by atoms with van der Waals surface area (Å²) in [6.45, 7) is 6.91. The lowest BCUT2D eigenvalue weighted by Crippen LogP contribution is -2.33. The smallest absolute Gasteiger partial charge is 0.354 e. The number of anilines is 1. The molecular weight excluding hydrogens is 530 g/mol. The number of hydrogen-bond acceptors (Lipinski definition) is 10. The van der Waals surface area contributed by atoms with E-state index in [1.165, 1.54) is 22.9 Å². The van der Waals surface area contributed by atoms with Crippen molar-refractivity contribution in [2.45, 2.75) is 32.8 Å². The summed E-state index contributed by atoms with van der Waals surface area (Å²) in [5.74, 6) is 0.701. The summed E-state index contributed by atoms with van der Waals surface area (Å²) in [5, 5.41) is 14.0. The molecule has 5 heterocycles. The van der Waals surface area contributed by atoms with Gasteiger partial charge in [0, 0.05) is 22.7 Å². The lowest BCUT2D eigenvalue weighted by atomic mass is 9.82. The fourth-order valence-corrected chi connectivity index (χ4v) is 5.06. The van der Waals surface area contributed by atoms with Crippen LogP contribution in [0.4, 0.5) is 5.82 Å². The van der Waals surface area contributed by atoms with Crippen molar-refractivity contribution in [3.05, 3.63) is 90.5 Å². The molecule has 0 fully saturated rings. The highest BCUT2D eigenvalue weighted by Crippen LogP contribution is 2.39. The number of H-pyrrole nitrogens is 2. The van der Waals surface area contributed by atoms with Gasteiger partial charge < -0.3 is 20.2 Å². The second kappa shape index (κ2) is 9.28. The molecule has 41 heavy (non-hydrogen) atoms. The van der Waals surface area contributed by atoms with Crippen molar-refractivity contribution in [1.29, 1.82) is 5.26 Å². The normalized spacial score (nSPS) is 14.0. The third-order valence-corrected chi connectivity index (χ3v) is 6.81. The number of pyridine rings is 1. The van der Waals surface area contributed by atoms with Gasteiger partial charge in [0.05, 0.1) is 30.8 Å². The van der Waals surface area contributed by atoms with Gasteiger partial charge in [0.25, 0.3) is 5.56 Å². The molecule has 4 aromatic heterocycles. The van der Waals surface area contributed by atoms with Gasteiger partial charge in [0.2, 0.25) is 5.69 Å². The Labute approximate surface area is 230 Å². The maximum absolute atomic E-state index is 12.9. The van der Waals surface area contributed by atoms with Crippen molar-refractivity contribution >= 4 is 16.9 Å². The van der Waals surface area contributed by atoms with Crippen LogP contribution in [0.5, 0.6) is 11.5 Å². The molecule has 1 aromatic carbocycles. The van der Waals surface area contributed by atoms with Crippen LogP contribution in [0.1, 0.15) is 36.4 Å². The second-order valence-corrected chi connectivity index (χ2v) is 10.3. The molecular formula is C27H23N9O5. The minimum absolute atomic E-state index is 0.0252. The molecule has 0 spiro atoms. The first-order valence-electron chi connectivity index (χ1n) is 12.5. The number of aromatic nitrogens is 7. The zero-order valence-electron chi connectivity index (χ0n) is 22.2. The van der Waals surface area contributed by atoms with Crippen LogP contribution in [0, 0.1) is 18.3 Å². The Kier molecular flexibility index (Phi) is 5.82. The topological polar surface area (TPSA) is 200 Å². The van der Waals surface area contributed by atoms with E-state index in [-0.39, 0.29) is 28.4 Å². The van der Waals surface area contributed by atoms with E-state index in [1.54, 1.807) is 25.3 Å². The maximum Gasteiger partial charge on any atom is 0.354 e. The van der Waals surface area contributed by atoms with E-state index in [9.17, 15) is 19.6 Å². The summed E-state index contributed by atoms with van der Waals surface area (Å²) in [5.41, 5.74) is 6.12. The Bertz CT molecular complexity index is 2100. The molecule has 1 aliphatic heterocycles. The maximum atomic E-state index is 12.9. The van der Waals surface area contributed by atoms with Crippen molar-refractivity contribution in [2.75, 3.05) is 12.3 Å². The fourth-order valence-electron chi connectivity index (χ4n) is 5.06. The highest BCUT2D eigenvalue weighted by atomic mass is 16.5. The Morgan fingerprint density at radius 2 is 2.00 bits per heavy atom. The first kappa shape index (κ1) is 25.7. The van der Waals surface area contributed by atoms with Gasteiger partial charge >= 0.3 is 11.4 Å². The molecule has 0 aliphatic carbocycles. The quantitative estimate of drug-likeness (QED) is 0.294. The number of benzene rings is 1. The molecule has 1 aliphatic rings. The van der Waals surface area contributed by atoms with Gasteiger partial charge in [0.15, 0.2) is 5.75 Å². The molecule has 0 bridgehead atoms. The largest absolute Gasteiger partial charge is 0.453 e. The summed E-state index contributed by atoms with van der Waals surface area (Å²) in [7, 11) is 0. The molecule has 5 aromatic rings.